The lowest BCUT2D eigenvalue weighted by Crippen LogP contribution is -1.86. The molecule has 1 aromatic carbocycles. The predicted molar refractivity (Wildman–Crippen MR) is 50.4 cm³/mol. The van der Waals surface area contributed by atoms with Crippen LogP contribution in [0.3, 0.4) is 0 Å². The van der Waals surface area contributed by atoms with Crippen molar-refractivity contribution in [3.63, 3.8) is 0 Å². The fraction of sp³-hybridized carbons (Fsp3) is 0.333. The number of hydrogen-bond acceptors (Lipinski definition) is 2. The zero-order valence-corrected chi connectivity index (χ0v) is 7.64. The minimum atomic E-state index is 0.269. The standard InChI is InChI=1S/C9H12OS/c1-7(11)8-4-3-5-9(6-8)10-2/h3-7,11H,1-2H3. The zero-order valence-electron chi connectivity index (χ0n) is 6.74. The Morgan fingerprint density at radius 1 is 1.45 bits per heavy atom. The molecular formula is C9H12OS. The summed E-state index contributed by atoms with van der Waals surface area (Å²) in [4.78, 5) is 0. The SMILES string of the molecule is COc1cccc(C(C)S)c1. The van der Waals surface area contributed by atoms with Crippen LogP contribution in [0, 0.1) is 0 Å². The Labute approximate surface area is 72.8 Å². The topological polar surface area (TPSA) is 9.23 Å². The van der Waals surface area contributed by atoms with Crippen LogP contribution in [0.4, 0.5) is 0 Å². The molecule has 0 aromatic heterocycles. The van der Waals surface area contributed by atoms with Crippen LogP contribution in [0.25, 0.3) is 0 Å². The van der Waals surface area contributed by atoms with Gasteiger partial charge in [0.05, 0.1) is 7.11 Å². The maximum Gasteiger partial charge on any atom is 0.119 e. The second kappa shape index (κ2) is 3.67. The van der Waals surface area contributed by atoms with Crippen molar-refractivity contribution in [2.24, 2.45) is 0 Å². The molecule has 0 fully saturated rings. The first-order chi connectivity index (χ1) is 5.24. The largest absolute Gasteiger partial charge is 0.497 e. The lowest BCUT2D eigenvalue weighted by molar-refractivity contribution is 0.414. The molecule has 0 N–H and O–H groups in total. The van der Waals surface area contributed by atoms with E-state index in [1.54, 1.807) is 7.11 Å². The molecule has 0 saturated heterocycles. The third kappa shape index (κ3) is 2.15. The number of hydrogen-bond donors (Lipinski definition) is 1. The van der Waals surface area contributed by atoms with Gasteiger partial charge in [-0.25, -0.2) is 0 Å². The predicted octanol–water partition coefficient (Wildman–Crippen LogP) is 2.69. The van der Waals surface area contributed by atoms with E-state index in [0.29, 0.717) is 0 Å². The summed E-state index contributed by atoms with van der Waals surface area (Å²) in [5, 5.41) is 0.269. The van der Waals surface area contributed by atoms with Gasteiger partial charge in [-0.1, -0.05) is 12.1 Å². The van der Waals surface area contributed by atoms with Crippen LogP contribution >= 0.6 is 12.6 Å². The van der Waals surface area contributed by atoms with Crippen molar-refractivity contribution in [3.05, 3.63) is 29.8 Å². The molecule has 0 bridgehead atoms. The first-order valence-electron chi connectivity index (χ1n) is 3.56. The Hall–Kier alpha value is -0.630. The smallest absolute Gasteiger partial charge is 0.119 e. The monoisotopic (exact) mass is 168 g/mol. The van der Waals surface area contributed by atoms with Gasteiger partial charge in [-0.15, -0.1) is 0 Å². The maximum atomic E-state index is 5.07. The molecule has 1 aromatic rings. The van der Waals surface area contributed by atoms with Gasteiger partial charge in [0.25, 0.3) is 0 Å². The lowest BCUT2D eigenvalue weighted by Gasteiger charge is -2.05. The Morgan fingerprint density at radius 2 is 2.18 bits per heavy atom. The van der Waals surface area contributed by atoms with Crippen LogP contribution in [0.15, 0.2) is 24.3 Å². The number of methoxy groups -OCH3 is 1. The molecule has 1 nitrogen and oxygen atoms in total. The second-order valence-electron chi connectivity index (χ2n) is 2.45. The van der Waals surface area contributed by atoms with Gasteiger partial charge < -0.3 is 4.74 Å². The second-order valence-corrected chi connectivity index (χ2v) is 3.23. The van der Waals surface area contributed by atoms with Crippen molar-refractivity contribution in [1.29, 1.82) is 0 Å². The average molecular weight is 168 g/mol. The highest BCUT2D eigenvalue weighted by molar-refractivity contribution is 7.80. The van der Waals surface area contributed by atoms with E-state index in [0.717, 1.165) is 5.75 Å². The highest BCUT2D eigenvalue weighted by Gasteiger charge is 1.99. The summed E-state index contributed by atoms with van der Waals surface area (Å²) in [7, 11) is 1.67. The number of rotatable bonds is 2. The fourth-order valence-electron chi connectivity index (χ4n) is 0.901. The summed E-state index contributed by atoms with van der Waals surface area (Å²) >= 11 is 4.32. The van der Waals surface area contributed by atoms with Gasteiger partial charge in [-0.3, -0.25) is 0 Å². The van der Waals surface area contributed by atoms with E-state index < -0.39 is 0 Å². The highest BCUT2D eigenvalue weighted by Crippen LogP contribution is 2.22. The molecule has 0 spiro atoms. The quantitative estimate of drug-likeness (QED) is 0.668. The van der Waals surface area contributed by atoms with Gasteiger partial charge >= 0.3 is 0 Å². The van der Waals surface area contributed by atoms with Crippen molar-refractivity contribution in [3.8, 4) is 5.75 Å². The van der Waals surface area contributed by atoms with Crippen LogP contribution in [0.1, 0.15) is 17.7 Å². The van der Waals surface area contributed by atoms with E-state index in [2.05, 4.69) is 12.6 Å². The van der Waals surface area contributed by atoms with E-state index in [9.17, 15) is 0 Å². The molecule has 0 aliphatic rings. The molecule has 60 valence electrons. The van der Waals surface area contributed by atoms with Crippen LogP contribution in [-0.2, 0) is 0 Å². The summed E-state index contributed by atoms with van der Waals surface area (Å²) in [6.45, 7) is 2.04. The fourth-order valence-corrected chi connectivity index (χ4v) is 1.06. The minimum absolute atomic E-state index is 0.269. The van der Waals surface area contributed by atoms with Gasteiger partial charge in [0.2, 0.25) is 0 Å². The molecule has 2 heteroatoms. The number of ether oxygens (including phenoxy) is 1. The van der Waals surface area contributed by atoms with Gasteiger partial charge in [0.1, 0.15) is 5.75 Å². The Balaban J connectivity index is 2.91. The Kier molecular flexibility index (Phi) is 2.83. The van der Waals surface area contributed by atoms with Crippen LogP contribution in [0.2, 0.25) is 0 Å². The van der Waals surface area contributed by atoms with E-state index in [1.165, 1.54) is 5.56 Å². The summed E-state index contributed by atoms with van der Waals surface area (Å²) in [6, 6.07) is 7.94. The normalized spacial score (nSPS) is 12.6. The van der Waals surface area contributed by atoms with E-state index in [-0.39, 0.29) is 5.25 Å². The first-order valence-corrected chi connectivity index (χ1v) is 4.07. The average Bonchev–Trinajstić information content (AvgIpc) is 2.05. The van der Waals surface area contributed by atoms with Crippen molar-refractivity contribution in [1.82, 2.24) is 0 Å². The van der Waals surface area contributed by atoms with Crippen molar-refractivity contribution in [2.45, 2.75) is 12.2 Å². The molecular weight excluding hydrogens is 156 g/mol. The van der Waals surface area contributed by atoms with Gasteiger partial charge in [0, 0.05) is 5.25 Å². The molecule has 0 aliphatic carbocycles. The van der Waals surface area contributed by atoms with Crippen LogP contribution in [0.5, 0.6) is 5.75 Å². The zero-order chi connectivity index (χ0) is 8.27. The highest BCUT2D eigenvalue weighted by atomic mass is 32.1. The van der Waals surface area contributed by atoms with Crippen LogP contribution in [-0.4, -0.2) is 7.11 Å². The third-order valence-electron chi connectivity index (χ3n) is 1.58. The van der Waals surface area contributed by atoms with Gasteiger partial charge in [-0.2, -0.15) is 12.6 Å². The van der Waals surface area contributed by atoms with Gasteiger partial charge in [0.15, 0.2) is 0 Å². The third-order valence-corrected chi connectivity index (χ3v) is 1.87. The Bertz CT molecular complexity index is 233. The summed E-state index contributed by atoms with van der Waals surface area (Å²) in [5.74, 6) is 0.892. The summed E-state index contributed by atoms with van der Waals surface area (Å²) in [5.41, 5.74) is 1.19. The molecule has 1 rings (SSSR count). The Morgan fingerprint density at radius 3 is 2.73 bits per heavy atom. The molecule has 1 unspecified atom stereocenters. The molecule has 1 atom stereocenters. The van der Waals surface area contributed by atoms with Crippen LogP contribution < -0.4 is 4.74 Å². The van der Waals surface area contributed by atoms with Gasteiger partial charge in [-0.05, 0) is 24.6 Å². The maximum absolute atomic E-state index is 5.07. The molecule has 0 amide bonds. The first kappa shape index (κ1) is 8.47. The summed E-state index contributed by atoms with van der Waals surface area (Å²) in [6.07, 6.45) is 0. The summed E-state index contributed by atoms with van der Waals surface area (Å²) < 4.78 is 5.07. The minimum Gasteiger partial charge on any atom is -0.497 e. The molecule has 0 aliphatic heterocycles. The molecule has 0 radical (unpaired) electrons. The lowest BCUT2D eigenvalue weighted by atomic mass is 10.1. The molecule has 11 heavy (non-hydrogen) atoms. The van der Waals surface area contributed by atoms with E-state index in [1.807, 2.05) is 31.2 Å². The van der Waals surface area contributed by atoms with E-state index in [4.69, 9.17) is 4.74 Å². The van der Waals surface area contributed by atoms with Crippen molar-refractivity contribution >= 4 is 12.6 Å². The van der Waals surface area contributed by atoms with Crippen molar-refractivity contribution < 1.29 is 4.74 Å². The van der Waals surface area contributed by atoms with E-state index >= 15 is 0 Å². The molecule has 0 heterocycles. The number of benzene rings is 1. The number of thiol groups is 1. The molecule has 0 saturated carbocycles. The van der Waals surface area contributed by atoms with Crippen molar-refractivity contribution in [2.75, 3.05) is 7.11 Å².